The fraction of sp³-hybridized carbons (Fsp3) is 0.500. The molecular formula is C34H47I2N7O9. The van der Waals surface area contributed by atoms with Crippen LogP contribution in [-0.2, 0) is 30.4 Å². The second kappa shape index (κ2) is 21.5. The van der Waals surface area contributed by atoms with Crippen molar-refractivity contribution >= 4 is 74.9 Å². The number of benzene rings is 2. The summed E-state index contributed by atoms with van der Waals surface area (Å²) in [4.78, 5) is 69.4. The van der Waals surface area contributed by atoms with Crippen molar-refractivity contribution < 1.29 is 44.4 Å². The summed E-state index contributed by atoms with van der Waals surface area (Å²) in [5.41, 5.74) is 7.94. The van der Waals surface area contributed by atoms with Crippen molar-refractivity contribution in [2.45, 2.75) is 31.5 Å². The van der Waals surface area contributed by atoms with Crippen LogP contribution in [0.4, 0.5) is 0 Å². The fourth-order valence-electron chi connectivity index (χ4n) is 5.76. The van der Waals surface area contributed by atoms with Gasteiger partial charge in [0.2, 0.25) is 11.8 Å². The summed E-state index contributed by atoms with van der Waals surface area (Å²) in [5, 5.41) is 44.6. The van der Waals surface area contributed by atoms with Gasteiger partial charge in [-0.25, -0.2) is 0 Å². The van der Waals surface area contributed by atoms with Gasteiger partial charge in [0.05, 0.1) is 38.9 Å². The molecule has 1 saturated heterocycles. The summed E-state index contributed by atoms with van der Waals surface area (Å²) in [6.07, 6.45) is 0.143. The van der Waals surface area contributed by atoms with Gasteiger partial charge in [-0.2, -0.15) is 0 Å². The maximum Gasteiger partial charge on any atom is 0.317 e. The quantitative estimate of drug-likeness (QED) is 0.119. The van der Waals surface area contributed by atoms with Gasteiger partial charge in [0, 0.05) is 58.9 Å². The Morgan fingerprint density at radius 1 is 0.712 bits per heavy atom. The number of halogens is 2. The highest BCUT2D eigenvalue weighted by atomic mass is 127. The first-order valence-corrected chi connectivity index (χ1v) is 18.9. The van der Waals surface area contributed by atoms with Crippen molar-refractivity contribution in [3.8, 4) is 5.75 Å². The molecule has 0 saturated carbocycles. The minimum Gasteiger partial charge on any atom is -0.506 e. The van der Waals surface area contributed by atoms with Crippen LogP contribution in [0.3, 0.4) is 0 Å². The van der Waals surface area contributed by atoms with E-state index in [0.717, 1.165) is 11.1 Å². The molecule has 2 aromatic carbocycles. The van der Waals surface area contributed by atoms with Crippen LogP contribution in [0, 0.1) is 7.14 Å². The van der Waals surface area contributed by atoms with Gasteiger partial charge in [-0.15, -0.1) is 0 Å². The van der Waals surface area contributed by atoms with Crippen LogP contribution in [0.5, 0.6) is 5.75 Å². The molecule has 2 amide bonds. The number of amides is 2. The number of carboxylic acid groups (broad SMARTS) is 3. The fourth-order valence-corrected chi connectivity index (χ4v) is 7.66. The number of carbonyl (C=O) groups excluding carboxylic acids is 2. The zero-order valence-corrected chi connectivity index (χ0v) is 33.2. The van der Waals surface area contributed by atoms with Crippen LogP contribution < -0.4 is 16.4 Å². The smallest absolute Gasteiger partial charge is 0.317 e. The van der Waals surface area contributed by atoms with Crippen molar-refractivity contribution in [1.29, 1.82) is 0 Å². The van der Waals surface area contributed by atoms with Gasteiger partial charge in [0.1, 0.15) is 11.8 Å². The lowest BCUT2D eigenvalue weighted by atomic mass is 10.0. The predicted molar refractivity (Wildman–Crippen MR) is 209 cm³/mol. The Morgan fingerprint density at radius 3 is 1.56 bits per heavy atom. The molecule has 3 atom stereocenters. The second-order valence-electron chi connectivity index (χ2n) is 12.7. The lowest BCUT2D eigenvalue weighted by Crippen LogP contribution is -2.57. The number of nitrogens with one attached hydrogen (secondary N) is 2. The van der Waals surface area contributed by atoms with Crippen LogP contribution in [-0.4, -0.2) is 160 Å². The van der Waals surface area contributed by atoms with E-state index >= 15 is 0 Å². The average molecular weight is 952 g/mol. The molecule has 0 bridgehead atoms. The van der Waals surface area contributed by atoms with Crippen LogP contribution >= 0.6 is 45.2 Å². The lowest BCUT2D eigenvalue weighted by Gasteiger charge is -2.34. The van der Waals surface area contributed by atoms with Gasteiger partial charge in [0.25, 0.3) is 0 Å². The molecule has 16 nitrogen and oxygen atoms in total. The summed E-state index contributed by atoms with van der Waals surface area (Å²) in [5.74, 6) is -4.05. The number of carboxylic acids is 3. The third-order valence-electron chi connectivity index (χ3n) is 8.61. The number of aromatic hydroxyl groups is 1. The van der Waals surface area contributed by atoms with Crippen LogP contribution in [0.2, 0.25) is 0 Å². The first-order chi connectivity index (χ1) is 24.6. The van der Waals surface area contributed by atoms with Gasteiger partial charge < -0.3 is 36.8 Å². The molecule has 52 heavy (non-hydrogen) atoms. The van der Waals surface area contributed by atoms with Crippen molar-refractivity contribution in [3.63, 3.8) is 0 Å². The summed E-state index contributed by atoms with van der Waals surface area (Å²) in [6.45, 7) is 2.95. The number of rotatable bonds is 15. The number of phenolic OH excluding ortho intramolecular Hbond substituents is 1. The third kappa shape index (κ3) is 15.1. The van der Waals surface area contributed by atoms with E-state index in [-0.39, 0.29) is 90.7 Å². The summed E-state index contributed by atoms with van der Waals surface area (Å²) in [6, 6.07) is 10.3. The van der Waals surface area contributed by atoms with Crippen molar-refractivity contribution in [3.05, 3.63) is 60.7 Å². The first-order valence-electron chi connectivity index (χ1n) is 16.7. The number of phenols is 1. The molecule has 1 aliphatic heterocycles. The Morgan fingerprint density at radius 2 is 1.13 bits per heavy atom. The molecule has 0 radical (unpaired) electrons. The van der Waals surface area contributed by atoms with Crippen molar-refractivity contribution in [1.82, 2.24) is 30.2 Å². The van der Waals surface area contributed by atoms with Crippen LogP contribution in [0.15, 0.2) is 42.5 Å². The average Bonchev–Trinajstić information content (AvgIpc) is 3.07. The molecule has 0 spiro atoms. The Hall–Kier alpha value is -3.15. The van der Waals surface area contributed by atoms with Gasteiger partial charge in [-0.05, 0) is 81.8 Å². The second-order valence-corrected chi connectivity index (χ2v) is 15.1. The number of carbonyl (C=O) groups is 5. The summed E-state index contributed by atoms with van der Waals surface area (Å²) >= 11 is 4.00. The molecular weight excluding hydrogens is 904 g/mol. The highest BCUT2D eigenvalue weighted by molar-refractivity contribution is 14.1. The van der Waals surface area contributed by atoms with E-state index in [1.54, 1.807) is 26.8 Å². The minimum absolute atomic E-state index is 0.00771. The SMILES string of the molecule is C[C@@H](NC(=O)C(CN1CCN(CC(=O)O)CCN(CC(=O)O)CCN(CC(=O)O)CC1)NC(=O)C(N)Cc1cc(I)c(O)c(I)c1)c1ccccc1. The van der Waals surface area contributed by atoms with E-state index in [1.807, 2.05) is 87.3 Å². The zero-order valence-electron chi connectivity index (χ0n) is 28.9. The number of aliphatic carboxylic acids is 3. The van der Waals surface area contributed by atoms with Crippen molar-refractivity contribution in [2.24, 2.45) is 5.73 Å². The van der Waals surface area contributed by atoms with Gasteiger partial charge in [-0.3, -0.25) is 43.6 Å². The normalized spacial score (nSPS) is 17.5. The van der Waals surface area contributed by atoms with E-state index in [9.17, 15) is 44.4 Å². The molecule has 0 aliphatic carbocycles. The maximum atomic E-state index is 13.9. The Bertz CT molecular complexity index is 1480. The number of nitrogens with two attached hydrogens (primary N) is 1. The number of nitrogens with zero attached hydrogens (tertiary/aromatic N) is 4. The van der Waals surface area contributed by atoms with Crippen LogP contribution in [0.25, 0.3) is 0 Å². The Labute approximate surface area is 329 Å². The highest BCUT2D eigenvalue weighted by Gasteiger charge is 2.29. The standard InChI is InChI=1S/C34H47I2N7O9/c1-22(24-5-3-2-4-6-24)38-34(52)28(39-33(51)27(37)17-23-15-25(35)32(50)26(36)16-23)18-40-7-9-41(19-29(44)45)11-13-43(21-31(48)49)14-12-42(10-8-40)20-30(46)47/h2-6,15-16,22,27-28,50H,7-14,17-21,37H2,1H3,(H,38,52)(H,39,51)(H,44,45)(H,46,47)(H,48,49)/t22-,27?,28?/m1/s1. The molecule has 3 rings (SSSR count). The molecule has 286 valence electrons. The monoisotopic (exact) mass is 951 g/mol. The maximum absolute atomic E-state index is 13.9. The summed E-state index contributed by atoms with van der Waals surface area (Å²) < 4.78 is 1.22. The van der Waals surface area contributed by atoms with E-state index in [0.29, 0.717) is 7.14 Å². The molecule has 8 N–H and O–H groups in total. The van der Waals surface area contributed by atoms with E-state index < -0.39 is 47.8 Å². The molecule has 2 aromatic rings. The molecule has 18 heteroatoms. The third-order valence-corrected chi connectivity index (χ3v) is 10.3. The van der Waals surface area contributed by atoms with E-state index in [4.69, 9.17) is 5.73 Å². The molecule has 1 fully saturated rings. The zero-order chi connectivity index (χ0) is 38.4. The Kier molecular flexibility index (Phi) is 17.9. The Balaban J connectivity index is 1.87. The van der Waals surface area contributed by atoms with Gasteiger partial charge in [-0.1, -0.05) is 30.3 Å². The van der Waals surface area contributed by atoms with Gasteiger partial charge >= 0.3 is 17.9 Å². The molecule has 0 aromatic heterocycles. The topological polar surface area (TPSA) is 229 Å². The molecule has 1 heterocycles. The lowest BCUT2D eigenvalue weighted by molar-refractivity contribution is -0.140. The number of hydrogen-bond donors (Lipinski definition) is 7. The first kappa shape index (κ1) is 43.3. The van der Waals surface area contributed by atoms with E-state index in [2.05, 4.69) is 10.6 Å². The van der Waals surface area contributed by atoms with Gasteiger partial charge in [0.15, 0.2) is 0 Å². The highest BCUT2D eigenvalue weighted by Crippen LogP contribution is 2.27. The molecule has 1 aliphatic rings. The molecule has 2 unspecified atom stereocenters. The number of hydrogen-bond acceptors (Lipinski definition) is 11. The van der Waals surface area contributed by atoms with Crippen LogP contribution in [0.1, 0.15) is 24.1 Å². The summed E-state index contributed by atoms with van der Waals surface area (Å²) in [7, 11) is 0. The predicted octanol–water partition coefficient (Wildman–Crippen LogP) is 0.309. The van der Waals surface area contributed by atoms with E-state index in [1.165, 1.54) is 0 Å². The van der Waals surface area contributed by atoms with Crippen molar-refractivity contribution in [2.75, 3.05) is 78.5 Å². The largest absolute Gasteiger partial charge is 0.506 e. The minimum atomic E-state index is -1.09.